The summed E-state index contributed by atoms with van der Waals surface area (Å²) in [5, 5.41) is 2.67. The Morgan fingerprint density at radius 1 is 1.23 bits per heavy atom. The van der Waals surface area contributed by atoms with E-state index in [0.29, 0.717) is 17.8 Å². The summed E-state index contributed by atoms with van der Waals surface area (Å²) >= 11 is 3.59. The lowest BCUT2D eigenvalue weighted by molar-refractivity contribution is -0.111. The highest BCUT2D eigenvalue weighted by atomic mass is 79.9. The van der Waals surface area contributed by atoms with Crippen LogP contribution in [0.5, 0.6) is 5.75 Å². The number of anilines is 2. The lowest BCUT2D eigenvalue weighted by Crippen LogP contribution is -2.35. The molecule has 3 rings (SSSR count). The Morgan fingerprint density at radius 2 is 1.96 bits per heavy atom. The average Bonchev–Trinajstić information content (AvgIpc) is 2.68. The molecule has 0 fully saturated rings. The van der Waals surface area contributed by atoms with Crippen LogP contribution in [0.1, 0.15) is 22.3 Å². The maximum atomic E-state index is 13.0. The van der Waals surface area contributed by atoms with E-state index in [1.807, 2.05) is 12.1 Å². The minimum atomic E-state index is -0.284. The largest absolute Gasteiger partial charge is 0.496 e. The summed E-state index contributed by atoms with van der Waals surface area (Å²) in [6.45, 7) is 4.09. The lowest BCUT2D eigenvalue weighted by atomic mass is 10.00. The first-order valence-corrected chi connectivity index (χ1v) is 9.05. The molecule has 0 spiro atoms. The number of hydrogen-bond acceptors (Lipinski definition) is 3. The Hall–Kier alpha value is -2.60. The summed E-state index contributed by atoms with van der Waals surface area (Å²) in [5.74, 6) is 0.415. The molecule has 0 aliphatic carbocycles. The topological polar surface area (TPSA) is 58.6 Å². The summed E-state index contributed by atoms with van der Waals surface area (Å²) < 4.78 is 6.25. The third-order valence-electron chi connectivity index (χ3n) is 4.33. The first-order chi connectivity index (χ1) is 12.5. The van der Waals surface area contributed by atoms with Crippen molar-refractivity contribution in [3.05, 3.63) is 64.7 Å². The Kier molecular flexibility index (Phi) is 5.42. The van der Waals surface area contributed by atoms with Gasteiger partial charge >= 0.3 is 0 Å². The number of fused-ring (bicyclic) bond motifs is 1. The van der Waals surface area contributed by atoms with Crippen LogP contribution in [0.15, 0.2) is 53.5 Å². The summed E-state index contributed by atoms with van der Waals surface area (Å²) in [5.41, 5.74) is 3.18. The van der Waals surface area contributed by atoms with Crippen molar-refractivity contribution in [2.75, 3.05) is 23.9 Å². The zero-order valence-corrected chi connectivity index (χ0v) is 16.0. The molecule has 5 nitrogen and oxygen atoms in total. The molecule has 26 heavy (non-hydrogen) atoms. The van der Waals surface area contributed by atoms with Crippen LogP contribution < -0.4 is 15.0 Å². The van der Waals surface area contributed by atoms with Crippen LogP contribution in [0.2, 0.25) is 0 Å². The maximum Gasteiger partial charge on any atom is 0.258 e. The van der Waals surface area contributed by atoms with Crippen LogP contribution in [0.25, 0.3) is 0 Å². The van der Waals surface area contributed by atoms with Crippen LogP contribution >= 0.6 is 15.9 Å². The van der Waals surface area contributed by atoms with Crippen molar-refractivity contribution >= 4 is 39.1 Å². The third-order valence-corrected chi connectivity index (χ3v) is 5.20. The van der Waals surface area contributed by atoms with Gasteiger partial charge in [-0.1, -0.05) is 6.58 Å². The number of nitrogens with zero attached hydrogens (tertiary/aromatic N) is 1. The van der Waals surface area contributed by atoms with Crippen molar-refractivity contribution in [3.63, 3.8) is 0 Å². The molecule has 2 aromatic rings. The van der Waals surface area contributed by atoms with Crippen molar-refractivity contribution in [1.82, 2.24) is 0 Å². The van der Waals surface area contributed by atoms with Crippen molar-refractivity contribution in [1.29, 1.82) is 0 Å². The zero-order chi connectivity index (χ0) is 18.7. The number of benzene rings is 2. The Balaban J connectivity index is 1.87. The van der Waals surface area contributed by atoms with E-state index in [2.05, 4.69) is 27.8 Å². The molecule has 0 bridgehead atoms. The smallest absolute Gasteiger partial charge is 0.258 e. The Bertz CT molecular complexity index is 862. The number of rotatable bonds is 4. The van der Waals surface area contributed by atoms with Crippen LogP contribution in [0.3, 0.4) is 0 Å². The molecular formula is C20H19BrN2O3. The molecule has 1 heterocycles. The molecule has 0 saturated carbocycles. The lowest BCUT2D eigenvalue weighted by Gasteiger charge is -2.30. The number of halogens is 1. The van der Waals surface area contributed by atoms with Gasteiger partial charge in [-0.05, 0) is 76.8 Å². The molecule has 6 heteroatoms. The van der Waals surface area contributed by atoms with Gasteiger partial charge in [0.05, 0.1) is 11.6 Å². The third kappa shape index (κ3) is 3.51. The van der Waals surface area contributed by atoms with Gasteiger partial charge in [0.1, 0.15) is 5.75 Å². The van der Waals surface area contributed by atoms with Gasteiger partial charge in [-0.25, -0.2) is 0 Å². The van der Waals surface area contributed by atoms with Gasteiger partial charge < -0.3 is 15.0 Å². The molecule has 1 N–H and O–H groups in total. The number of hydrogen-bond donors (Lipinski definition) is 1. The van der Waals surface area contributed by atoms with E-state index in [4.69, 9.17) is 4.74 Å². The van der Waals surface area contributed by atoms with Crippen molar-refractivity contribution < 1.29 is 14.3 Å². The predicted molar refractivity (Wildman–Crippen MR) is 106 cm³/mol. The summed E-state index contributed by atoms with van der Waals surface area (Å²) in [6.07, 6.45) is 2.98. The number of carbonyl (C=O) groups is 2. The summed E-state index contributed by atoms with van der Waals surface area (Å²) in [4.78, 5) is 26.1. The standard InChI is InChI=1S/C20H19BrN2O3/c1-3-18(24)22-14-8-6-13(7-9-14)20(25)23-12-4-5-15-16(23)10-11-17(26-2)19(15)21/h3,6-11H,1,4-5,12H2,2H3,(H,22,24). The molecular weight excluding hydrogens is 396 g/mol. The number of nitrogens with one attached hydrogen (secondary N) is 1. The molecule has 134 valence electrons. The SMILES string of the molecule is C=CC(=O)Nc1ccc(C(=O)N2CCCc3c2ccc(OC)c3Br)cc1. The fourth-order valence-electron chi connectivity index (χ4n) is 3.03. The van der Waals surface area contributed by atoms with Crippen LogP contribution in [-0.2, 0) is 11.2 Å². The Morgan fingerprint density at radius 3 is 2.62 bits per heavy atom. The highest BCUT2D eigenvalue weighted by molar-refractivity contribution is 9.10. The van der Waals surface area contributed by atoms with Gasteiger partial charge in [0.2, 0.25) is 5.91 Å². The van der Waals surface area contributed by atoms with E-state index in [1.165, 1.54) is 6.08 Å². The monoisotopic (exact) mass is 414 g/mol. The quantitative estimate of drug-likeness (QED) is 0.763. The molecule has 2 amide bonds. The van der Waals surface area contributed by atoms with Gasteiger partial charge in [-0.3, -0.25) is 9.59 Å². The normalized spacial score (nSPS) is 12.9. The second-order valence-electron chi connectivity index (χ2n) is 5.91. The first-order valence-electron chi connectivity index (χ1n) is 8.26. The van der Waals surface area contributed by atoms with Crippen molar-refractivity contribution in [2.45, 2.75) is 12.8 Å². The van der Waals surface area contributed by atoms with Crippen LogP contribution in [0, 0.1) is 0 Å². The van der Waals surface area contributed by atoms with E-state index < -0.39 is 0 Å². The van der Waals surface area contributed by atoms with E-state index in [0.717, 1.165) is 34.3 Å². The molecule has 2 aromatic carbocycles. The number of carbonyl (C=O) groups excluding carboxylic acids is 2. The van der Waals surface area contributed by atoms with Gasteiger partial charge in [-0.2, -0.15) is 0 Å². The molecule has 1 aliphatic heterocycles. The molecule has 0 saturated heterocycles. The zero-order valence-electron chi connectivity index (χ0n) is 14.4. The van der Waals surface area contributed by atoms with Gasteiger partial charge in [0.25, 0.3) is 5.91 Å². The van der Waals surface area contributed by atoms with Crippen LogP contribution in [-0.4, -0.2) is 25.5 Å². The Labute approximate surface area is 160 Å². The summed E-state index contributed by atoms with van der Waals surface area (Å²) in [6, 6.07) is 10.6. The predicted octanol–water partition coefficient (Wildman–Crippen LogP) is 4.18. The van der Waals surface area contributed by atoms with Gasteiger partial charge in [-0.15, -0.1) is 0 Å². The molecule has 1 aliphatic rings. The molecule has 0 aromatic heterocycles. The minimum Gasteiger partial charge on any atom is -0.496 e. The number of ether oxygens (including phenoxy) is 1. The van der Waals surface area contributed by atoms with E-state index >= 15 is 0 Å². The van der Waals surface area contributed by atoms with Crippen molar-refractivity contribution in [2.24, 2.45) is 0 Å². The van der Waals surface area contributed by atoms with Gasteiger partial charge in [0.15, 0.2) is 0 Å². The average molecular weight is 415 g/mol. The molecule has 0 unspecified atom stereocenters. The minimum absolute atomic E-state index is 0.0652. The summed E-state index contributed by atoms with van der Waals surface area (Å²) in [7, 11) is 1.63. The van der Waals surface area contributed by atoms with Gasteiger partial charge in [0, 0.05) is 23.5 Å². The van der Waals surface area contributed by atoms with E-state index in [-0.39, 0.29) is 11.8 Å². The van der Waals surface area contributed by atoms with E-state index in [1.54, 1.807) is 36.3 Å². The maximum absolute atomic E-state index is 13.0. The van der Waals surface area contributed by atoms with Crippen LogP contribution in [0.4, 0.5) is 11.4 Å². The highest BCUT2D eigenvalue weighted by Gasteiger charge is 2.26. The fraction of sp³-hybridized carbons (Fsp3) is 0.200. The molecule has 0 radical (unpaired) electrons. The first kappa shape index (κ1) is 18.2. The fourth-order valence-corrected chi connectivity index (χ4v) is 3.72. The number of amides is 2. The van der Waals surface area contributed by atoms with Crippen molar-refractivity contribution in [3.8, 4) is 5.75 Å². The second kappa shape index (κ2) is 7.74. The molecule has 0 atom stereocenters. The second-order valence-corrected chi connectivity index (χ2v) is 6.70. The van der Waals surface area contributed by atoms with E-state index in [9.17, 15) is 9.59 Å². The number of methoxy groups -OCH3 is 1. The highest BCUT2D eigenvalue weighted by Crippen LogP contribution is 2.39.